The van der Waals surface area contributed by atoms with Gasteiger partial charge >= 0.3 is 0 Å². The molecule has 0 aromatic heterocycles. The lowest BCUT2D eigenvalue weighted by Crippen LogP contribution is -2.41. The number of halogens is 1. The Kier molecular flexibility index (Phi) is 5.70. The van der Waals surface area contributed by atoms with Crippen LogP contribution in [0.25, 0.3) is 0 Å². The van der Waals surface area contributed by atoms with Crippen LogP contribution < -0.4 is 9.47 Å². The van der Waals surface area contributed by atoms with E-state index in [2.05, 4.69) is 0 Å². The highest BCUT2D eigenvalue weighted by atomic mass is 19.1. The SMILES string of the molecule is COc1cc2c(cc1OC)C(c1ccccc1)N(C(=O)Cc1ccc(F)cc1)CC2. The fourth-order valence-corrected chi connectivity index (χ4v) is 4.09. The van der Waals surface area contributed by atoms with Crippen molar-refractivity contribution in [2.45, 2.75) is 18.9 Å². The van der Waals surface area contributed by atoms with E-state index < -0.39 is 0 Å². The number of nitrogens with zero attached hydrogens (tertiary/aromatic N) is 1. The van der Waals surface area contributed by atoms with Crippen LogP contribution in [0.3, 0.4) is 0 Å². The molecule has 1 amide bonds. The van der Waals surface area contributed by atoms with Crippen molar-refractivity contribution < 1.29 is 18.7 Å². The van der Waals surface area contributed by atoms with Gasteiger partial charge in [-0.2, -0.15) is 0 Å². The van der Waals surface area contributed by atoms with Gasteiger partial charge in [0.2, 0.25) is 5.91 Å². The van der Waals surface area contributed by atoms with Crippen molar-refractivity contribution in [3.8, 4) is 11.5 Å². The fraction of sp³-hybridized carbons (Fsp3) is 0.240. The van der Waals surface area contributed by atoms with Crippen LogP contribution >= 0.6 is 0 Å². The molecule has 0 saturated carbocycles. The normalized spacial score (nSPS) is 15.4. The molecule has 154 valence electrons. The molecule has 1 unspecified atom stereocenters. The van der Waals surface area contributed by atoms with Crippen LogP contribution in [0.4, 0.5) is 4.39 Å². The molecule has 5 heteroatoms. The van der Waals surface area contributed by atoms with Gasteiger partial charge < -0.3 is 14.4 Å². The van der Waals surface area contributed by atoms with Gasteiger partial charge in [0.1, 0.15) is 5.82 Å². The van der Waals surface area contributed by atoms with Gasteiger partial charge in [-0.25, -0.2) is 4.39 Å². The number of amides is 1. The molecule has 4 nitrogen and oxygen atoms in total. The average Bonchev–Trinajstić information content (AvgIpc) is 2.79. The lowest BCUT2D eigenvalue weighted by atomic mass is 9.87. The lowest BCUT2D eigenvalue weighted by molar-refractivity contribution is -0.132. The summed E-state index contributed by atoms with van der Waals surface area (Å²) in [5, 5.41) is 0. The van der Waals surface area contributed by atoms with E-state index in [-0.39, 0.29) is 24.2 Å². The third-order valence-corrected chi connectivity index (χ3v) is 5.58. The first kappa shape index (κ1) is 20.0. The first-order valence-electron chi connectivity index (χ1n) is 9.94. The van der Waals surface area contributed by atoms with Crippen LogP contribution in [-0.4, -0.2) is 31.6 Å². The first-order valence-corrected chi connectivity index (χ1v) is 9.94. The number of carbonyl (C=O) groups is 1. The number of hydrogen-bond acceptors (Lipinski definition) is 3. The molecule has 0 radical (unpaired) electrons. The van der Waals surface area contributed by atoms with Crippen LogP contribution in [-0.2, 0) is 17.6 Å². The summed E-state index contributed by atoms with van der Waals surface area (Å²) >= 11 is 0. The van der Waals surface area contributed by atoms with Crippen LogP contribution in [0.1, 0.15) is 28.3 Å². The standard InChI is InChI=1S/C25H24FNO3/c1-29-22-15-19-12-13-27(24(28)14-17-8-10-20(26)11-9-17)25(18-6-4-3-5-7-18)21(19)16-23(22)30-2/h3-11,15-16,25H,12-14H2,1-2H3. The van der Waals surface area contributed by atoms with Crippen molar-refractivity contribution in [3.05, 3.63) is 94.8 Å². The summed E-state index contributed by atoms with van der Waals surface area (Å²) in [5.41, 5.74) is 4.02. The van der Waals surface area contributed by atoms with Crippen molar-refractivity contribution >= 4 is 5.91 Å². The van der Waals surface area contributed by atoms with Gasteiger partial charge in [0.15, 0.2) is 11.5 Å². The minimum atomic E-state index is -0.304. The molecule has 1 aliphatic rings. The molecule has 3 aromatic rings. The second kappa shape index (κ2) is 8.57. The van der Waals surface area contributed by atoms with Crippen molar-refractivity contribution in [1.29, 1.82) is 0 Å². The van der Waals surface area contributed by atoms with E-state index in [0.29, 0.717) is 18.0 Å². The molecule has 1 aliphatic heterocycles. The van der Waals surface area contributed by atoms with E-state index in [0.717, 1.165) is 28.7 Å². The average molecular weight is 405 g/mol. The van der Waals surface area contributed by atoms with Crippen LogP contribution in [0.2, 0.25) is 0 Å². The number of hydrogen-bond donors (Lipinski definition) is 0. The number of fused-ring (bicyclic) bond motifs is 1. The molecule has 0 aliphatic carbocycles. The maximum Gasteiger partial charge on any atom is 0.227 e. The highest BCUT2D eigenvalue weighted by molar-refractivity contribution is 5.80. The number of benzene rings is 3. The van der Waals surface area contributed by atoms with Crippen molar-refractivity contribution in [2.24, 2.45) is 0 Å². The van der Waals surface area contributed by atoms with E-state index in [9.17, 15) is 9.18 Å². The molecule has 1 heterocycles. The summed E-state index contributed by atoms with van der Waals surface area (Å²) in [5.74, 6) is 1.04. The van der Waals surface area contributed by atoms with E-state index in [1.807, 2.05) is 47.4 Å². The molecule has 0 bridgehead atoms. The zero-order chi connectivity index (χ0) is 21.1. The molecule has 4 rings (SSSR count). The van der Waals surface area contributed by atoms with Crippen LogP contribution in [0.5, 0.6) is 11.5 Å². The molecule has 0 saturated heterocycles. The maximum atomic E-state index is 13.3. The molecular weight excluding hydrogens is 381 g/mol. The third-order valence-electron chi connectivity index (χ3n) is 5.58. The first-order chi connectivity index (χ1) is 14.6. The van der Waals surface area contributed by atoms with Crippen molar-refractivity contribution in [3.63, 3.8) is 0 Å². The van der Waals surface area contributed by atoms with Gasteiger partial charge in [-0.3, -0.25) is 4.79 Å². The summed E-state index contributed by atoms with van der Waals surface area (Å²) in [6.07, 6.45) is 0.959. The number of carbonyl (C=O) groups excluding carboxylic acids is 1. The van der Waals surface area contributed by atoms with E-state index in [1.165, 1.54) is 12.1 Å². The maximum absolute atomic E-state index is 13.3. The Hall–Kier alpha value is -3.34. The molecular formula is C25H24FNO3. The molecule has 0 spiro atoms. The Bertz CT molecular complexity index is 1030. The van der Waals surface area contributed by atoms with Gasteiger partial charge in [0.25, 0.3) is 0 Å². The lowest BCUT2D eigenvalue weighted by Gasteiger charge is -2.38. The largest absolute Gasteiger partial charge is 0.493 e. The van der Waals surface area contributed by atoms with Crippen molar-refractivity contribution in [2.75, 3.05) is 20.8 Å². The second-order valence-corrected chi connectivity index (χ2v) is 7.36. The Labute approximate surface area is 175 Å². The second-order valence-electron chi connectivity index (χ2n) is 7.36. The van der Waals surface area contributed by atoms with Crippen LogP contribution in [0, 0.1) is 5.82 Å². The van der Waals surface area contributed by atoms with E-state index in [4.69, 9.17) is 9.47 Å². The topological polar surface area (TPSA) is 38.8 Å². The van der Waals surface area contributed by atoms with Gasteiger partial charge in [-0.1, -0.05) is 42.5 Å². The monoisotopic (exact) mass is 405 g/mol. The Balaban J connectivity index is 1.74. The summed E-state index contributed by atoms with van der Waals surface area (Å²) in [6.45, 7) is 0.599. The number of ether oxygens (including phenoxy) is 2. The zero-order valence-corrected chi connectivity index (χ0v) is 17.1. The molecule has 0 N–H and O–H groups in total. The van der Waals surface area contributed by atoms with Gasteiger partial charge in [0.05, 0.1) is 26.7 Å². The van der Waals surface area contributed by atoms with E-state index in [1.54, 1.807) is 26.4 Å². The summed E-state index contributed by atoms with van der Waals surface area (Å²) in [6, 6.07) is 19.9. The van der Waals surface area contributed by atoms with E-state index >= 15 is 0 Å². The highest BCUT2D eigenvalue weighted by Gasteiger charge is 2.33. The Morgan fingerprint density at radius 1 is 1.00 bits per heavy atom. The van der Waals surface area contributed by atoms with Gasteiger partial charge in [0, 0.05) is 6.54 Å². The molecule has 3 aromatic carbocycles. The Morgan fingerprint density at radius 3 is 2.33 bits per heavy atom. The Morgan fingerprint density at radius 2 is 1.67 bits per heavy atom. The summed E-state index contributed by atoms with van der Waals surface area (Å²) < 4.78 is 24.2. The van der Waals surface area contributed by atoms with Gasteiger partial charge in [-0.15, -0.1) is 0 Å². The third kappa shape index (κ3) is 3.88. The molecule has 0 fully saturated rings. The van der Waals surface area contributed by atoms with Gasteiger partial charge in [-0.05, 0) is 52.9 Å². The predicted octanol–water partition coefficient (Wildman–Crippen LogP) is 4.56. The molecule has 1 atom stereocenters. The van der Waals surface area contributed by atoms with Crippen molar-refractivity contribution in [1.82, 2.24) is 4.90 Å². The quantitative estimate of drug-likeness (QED) is 0.625. The summed E-state index contributed by atoms with van der Waals surface area (Å²) in [7, 11) is 3.24. The minimum Gasteiger partial charge on any atom is -0.493 e. The number of rotatable bonds is 5. The van der Waals surface area contributed by atoms with Crippen LogP contribution in [0.15, 0.2) is 66.7 Å². The predicted molar refractivity (Wildman–Crippen MR) is 113 cm³/mol. The smallest absolute Gasteiger partial charge is 0.227 e. The highest BCUT2D eigenvalue weighted by Crippen LogP contribution is 2.41. The summed E-state index contributed by atoms with van der Waals surface area (Å²) in [4.78, 5) is 15.2. The fourth-order valence-electron chi connectivity index (χ4n) is 4.09. The number of methoxy groups -OCH3 is 2. The minimum absolute atomic E-state index is 0.0101. The zero-order valence-electron chi connectivity index (χ0n) is 17.1. The molecule has 30 heavy (non-hydrogen) atoms.